The summed E-state index contributed by atoms with van der Waals surface area (Å²) in [4.78, 5) is 19.0. The molecular weight excluding hydrogens is 392 g/mol. The molecule has 1 aliphatic heterocycles. The van der Waals surface area contributed by atoms with E-state index in [0.29, 0.717) is 13.1 Å². The first-order valence-electron chi connectivity index (χ1n) is 8.76. The maximum Gasteiger partial charge on any atom is 0.253 e. The van der Waals surface area contributed by atoms with Crippen molar-refractivity contribution in [2.24, 2.45) is 0 Å². The van der Waals surface area contributed by atoms with Crippen molar-refractivity contribution in [3.05, 3.63) is 70.8 Å². The van der Waals surface area contributed by atoms with Crippen LogP contribution in [-0.2, 0) is 0 Å². The van der Waals surface area contributed by atoms with Crippen LogP contribution >= 0.6 is 15.9 Å². The average Bonchev–Trinajstić information content (AvgIpc) is 2.68. The highest BCUT2D eigenvalue weighted by Gasteiger charge is 2.25. The van der Waals surface area contributed by atoms with Gasteiger partial charge in [0.1, 0.15) is 17.4 Å². The third-order valence-electron chi connectivity index (χ3n) is 4.69. The predicted molar refractivity (Wildman–Crippen MR) is 105 cm³/mol. The van der Waals surface area contributed by atoms with Crippen LogP contribution in [0.2, 0.25) is 0 Å². The smallest absolute Gasteiger partial charge is 0.253 e. The Morgan fingerprint density at radius 2 is 1.85 bits per heavy atom. The van der Waals surface area contributed by atoms with Gasteiger partial charge < -0.3 is 9.64 Å². The van der Waals surface area contributed by atoms with Crippen LogP contribution in [0, 0.1) is 0 Å². The number of carbonyl (C=O) groups is 1. The Labute approximate surface area is 160 Å². The van der Waals surface area contributed by atoms with E-state index < -0.39 is 0 Å². The van der Waals surface area contributed by atoms with Crippen molar-refractivity contribution in [3.8, 4) is 5.75 Å². The highest BCUT2D eigenvalue weighted by Crippen LogP contribution is 2.27. The van der Waals surface area contributed by atoms with Crippen LogP contribution in [0.5, 0.6) is 5.75 Å². The molecule has 1 aliphatic rings. The van der Waals surface area contributed by atoms with Gasteiger partial charge >= 0.3 is 0 Å². The summed E-state index contributed by atoms with van der Waals surface area (Å²) in [7, 11) is 0. The number of fused-ring (bicyclic) bond motifs is 1. The molecule has 26 heavy (non-hydrogen) atoms. The number of nitrogens with zero attached hydrogens (tertiary/aromatic N) is 2. The molecule has 1 fully saturated rings. The summed E-state index contributed by atoms with van der Waals surface area (Å²) in [6.07, 6.45) is 3.54. The van der Waals surface area contributed by atoms with Crippen LogP contribution in [0.4, 0.5) is 0 Å². The third-order valence-corrected chi connectivity index (χ3v) is 5.18. The quantitative estimate of drug-likeness (QED) is 0.629. The molecule has 132 valence electrons. The topological polar surface area (TPSA) is 42.4 Å². The number of likely N-dealkylation sites (tertiary alicyclic amines) is 1. The van der Waals surface area contributed by atoms with E-state index >= 15 is 0 Å². The molecule has 0 unspecified atom stereocenters. The van der Waals surface area contributed by atoms with Gasteiger partial charge in [-0.25, -0.2) is 0 Å². The van der Waals surface area contributed by atoms with E-state index in [-0.39, 0.29) is 12.0 Å². The zero-order valence-corrected chi connectivity index (χ0v) is 15.9. The minimum atomic E-state index is 0.0802. The van der Waals surface area contributed by atoms with Crippen molar-refractivity contribution in [3.63, 3.8) is 0 Å². The van der Waals surface area contributed by atoms with E-state index in [0.717, 1.165) is 39.5 Å². The highest BCUT2D eigenvalue weighted by molar-refractivity contribution is 9.10. The number of piperidine rings is 1. The van der Waals surface area contributed by atoms with E-state index in [4.69, 9.17) is 4.74 Å². The molecule has 0 atom stereocenters. The van der Waals surface area contributed by atoms with Crippen molar-refractivity contribution in [2.75, 3.05) is 13.1 Å². The molecule has 1 saturated heterocycles. The van der Waals surface area contributed by atoms with Crippen molar-refractivity contribution in [1.82, 2.24) is 9.88 Å². The molecule has 4 rings (SSSR count). The number of benzene rings is 2. The maximum absolute atomic E-state index is 12.6. The Bertz CT molecular complexity index is 931. The van der Waals surface area contributed by atoms with E-state index in [2.05, 4.69) is 20.9 Å². The first kappa shape index (κ1) is 17.0. The Morgan fingerprint density at radius 1 is 1.08 bits per heavy atom. The van der Waals surface area contributed by atoms with Crippen LogP contribution in [0.25, 0.3) is 10.9 Å². The number of para-hydroxylation sites is 1. The van der Waals surface area contributed by atoms with Crippen LogP contribution < -0.4 is 4.74 Å². The number of halogens is 1. The number of hydrogen-bond acceptors (Lipinski definition) is 3. The summed E-state index contributed by atoms with van der Waals surface area (Å²) in [5, 5.41) is 1.08. The van der Waals surface area contributed by atoms with Gasteiger partial charge in [-0.2, -0.15) is 0 Å². The lowest BCUT2D eigenvalue weighted by Gasteiger charge is -2.32. The summed E-state index contributed by atoms with van der Waals surface area (Å²) in [5.74, 6) is 0.899. The van der Waals surface area contributed by atoms with Gasteiger partial charge in [0.15, 0.2) is 0 Å². The molecular formula is C21H19BrN2O2. The number of pyridine rings is 1. The fraction of sp³-hybridized carbons (Fsp3) is 0.238. The number of ether oxygens (including phenoxy) is 1. The lowest BCUT2D eigenvalue weighted by Crippen LogP contribution is -2.41. The molecule has 5 heteroatoms. The fourth-order valence-electron chi connectivity index (χ4n) is 3.33. The molecule has 0 saturated carbocycles. The predicted octanol–water partition coefficient (Wildman–Crippen LogP) is 4.68. The van der Waals surface area contributed by atoms with Gasteiger partial charge in [-0.15, -0.1) is 0 Å². The van der Waals surface area contributed by atoms with E-state index in [1.165, 1.54) is 0 Å². The Balaban J connectivity index is 1.41. The number of aromatic nitrogens is 1. The van der Waals surface area contributed by atoms with Gasteiger partial charge in [0.05, 0.1) is 0 Å². The molecule has 3 aromatic rings. The maximum atomic E-state index is 12.6. The van der Waals surface area contributed by atoms with Crippen LogP contribution in [-0.4, -0.2) is 35.0 Å². The molecule has 4 nitrogen and oxygen atoms in total. The number of carbonyl (C=O) groups excluding carboxylic acids is 1. The first-order chi connectivity index (χ1) is 12.7. The zero-order valence-electron chi connectivity index (χ0n) is 14.3. The van der Waals surface area contributed by atoms with Gasteiger partial charge in [0.25, 0.3) is 5.91 Å². The molecule has 1 amide bonds. The molecule has 0 radical (unpaired) electrons. The minimum Gasteiger partial charge on any atom is -0.488 e. The minimum absolute atomic E-state index is 0.0802. The van der Waals surface area contributed by atoms with Crippen molar-refractivity contribution < 1.29 is 9.53 Å². The molecule has 2 heterocycles. The average molecular weight is 411 g/mol. The standard InChI is InChI=1S/C21H19BrN2O2/c22-17-7-1-5-16(14-17)21(25)24-12-9-18(10-13-24)26-19-8-2-4-15-6-3-11-23-20(15)19/h1-8,11,14,18H,9-10,12-13H2. The highest BCUT2D eigenvalue weighted by atomic mass is 79.9. The Kier molecular flexibility index (Phi) is 4.89. The van der Waals surface area contributed by atoms with Gasteiger partial charge in [0.2, 0.25) is 0 Å². The van der Waals surface area contributed by atoms with Gasteiger partial charge in [-0.3, -0.25) is 9.78 Å². The Morgan fingerprint density at radius 3 is 2.65 bits per heavy atom. The van der Waals surface area contributed by atoms with E-state index in [1.807, 2.05) is 59.5 Å². The van der Waals surface area contributed by atoms with E-state index in [9.17, 15) is 4.79 Å². The van der Waals surface area contributed by atoms with Crippen LogP contribution in [0.1, 0.15) is 23.2 Å². The summed E-state index contributed by atoms with van der Waals surface area (Å²) < 4.78 is 7.13. The molecule has 0 spiro atoms. The van der Waals surface area contributed by atoms with Crippen molar-refractivity contribution in [1.29, 1.82) is 0 Å². The number of amides is 1. The van der Waals surface area contributed by atoms with Crippen molar-refractivity contribution >= 4 is 32.7 Å². The first-order valence-corrected chi connectivity index (χ1v) is 9.55. The summed E-state index contributed by atoms with van der Waals surface area (Å²) in [6, 6.07) is 17.5. The monoisotopic (exact) mass is 410 g/mol. The lowest BCUT2D eigenvalue weighted by atomic mass is 10.1. The largest absolute Gasteiger partial charge is 0.488 e. The molecule has 0 N–H and O–H groups in total. The van der Waals surface area contributed by atoms with E-state index in [1.54, 1.807) is 6.20 Å². The number of rotatable bonds is 3. The Hall–Kier alpha value is -2.40. The molecule has 2 aromatic carbocycles. The fourth-order valence-corrected chi connectivity index (χ4v) is 3.73. The van der Waals surface area contributed by atoms with Gasteiger partial charge in [-0.05, 0) is 30.3 Å². The second-order valence-corrected chi connectivity index (χ2v) is 7.37. The summed E-state index contributed by atoms with van der Waals surface area (Å²) >= 11 is 3.42. The zero-order chi connectivity index (χ0) is 17.9. The molecule has 0 aliphatic carbocycles. The second-order valence-electron chi connectivity index (χ2n) is 6.45. The van der Waals surface area contributed by atoms with Crippen LogP contribution in [0.15, 0.2) is 65.3 Å². The number of hydrogen-bond donors (Lipinski definition) is 0. The summed E-state index contributed by atoms with van der Waals surface area (Å²) in [6.45, 7) is 1.41. The summed E-state index contributed by atoms with van der Waals surface area (Å²) in [5.41, 5.74) is 1.61. The second kappa shape index (κ2) is 7.46. The van der Waals surface area contributed by atoms with Crippen LogP contribution in [0.3, 0.4) is 0 Å². The SMILES string of the molecule is O=C(c1cccc(Br)c1)N1CCC(Oc2cccc3cccnc23)CC1. The molecule has 0 bridgehead atoms. The lowest BCUT2D eigenvalue weighted by molar-refractivity contribution is 0.0597. The molecule has 1 aromatic heterocycles. The van der Waals surface area contributed by atoms with Crippen molar-refractivity contribution in [2.45, 2.75) is 18.9 Å². The van der Waals surface area contributed by atoms with Gasteiger partial charge in [0, 0.05) is 47.6 Å². The normalized spacial score (nSPS) is 15.2. The third kappa shape index (κ3) is 3.58. The van der Waals surface area contributed by atoms with Gasteiger partial charge in [-0.1, -0.05) is 40.2 Å².